The zero-order valence-electron chi connectivity index (χ0n) is 17.8. The maximum atomic E-state index is 13.2. The van der Waals surface area contributed by atoms with Crippen LogP contribution in [0.25, 0.3) is 11.4 Å². The number of thioether (sulfide) groups is 1. The van der Waals surface area contributed by atoms with E-state index in [2.05, 4.69) is 21.7 Å². The average molecular weight is 440 g/mol. The summed E-state index contributed by atoms with van der Waals surface area (Å²) >= 11 is 1.39. The summed E-state index contributed by atoms with van der Waals surface area (Å²) in [6.07, 6.45) is 4.66. The van der Waals surface area contributed by atoms with Gasteiger partial charge in [-0.15, -0.1) is 10.2 Å². The van der Waals surface area contributed by atoms with E-state index in [4.69, 9.17) is 4.74 Å². The first-order valence-corrected chi connectivity index (χ1v) is 11.6. The molecule has 1 saturated carbocycles. The van der Waals surface area contributed by atoms with E-state index in [1.54, 1.807) is 7.11 Å². The van der Waals surface area contributed by atoms with Gasteiger partial charge >= 0.3 is 0 Å². The average Bonchev–Trinajstić information content (AvgIpc) is 3.22. The minimum Gasteiger partial charge on any atom is -0.497 e. The Bertz CT molecular complexity index is 1030. The molecular weight excluding hydrogens is 413 g/mol. The number of methoxy groups -OCH3 is 1. The quantitative estimate of drug-likeness (QED) is 0.343. The number of aromatic nitrogens is 3. The number of carbonyl (C=O) groups excluding carboxylic acids is 1. The highest BCUT2D eigenvalue weighted by Gasteiger charge is 2.29. The molecule has 0 amide bonds. The third kappa shape index (κ3) is 4.82. The number of rotatable bonds is 7. The highest BCUT2D eigenvalue weighted by atomic mass is 32.2. The van der Waals surface area contributed by atoms with Crippen molar-refractivity contribution >= 4 is 17.5 Å². The minimum atomic E-state index is -0.348. The molecule has 4 rings (SSSR count). The molecule has 162 valence electrons. The van der Waals surface area contributed by atoms with E-state index in [0.29, 0.717) is 17.5 Å². The number of Topliss-reactive ketones (excluding diaryl/α,β-unsaturated/α-hetero) is 1. The van der Waals surface area contributed by atoms with Crippen LogP contribution in [0.2, 0.25) is 0 Å². The van der Waals surface area contributed by atoms with Crippen molar-refractivity contribution in [3.05, 3.63) is 59.9 Å². The van der Waals surface area contributed by atoms with Gasteiger partial charge in [0.15, 0.2) is 16.8 Å². The summed E-state index contributed by atoms with van der Waals surface area (Å²) in [4.78, 5) is 12.6. The molecule has 1 fully saturated rings. The molecule has 0 bridgehead atoms. The number of nitrogens with zero attached hydrogens (tertiary/aromatic N) is 3. The highest BCUT2D eigenvalue weighted by Crippen LogP contribution is 2.39. The fourth-order valence-electron chi connectivity index (χ4n) is 4.14. The Balaban J connectivity index is 1.62. The van der Waals surface area contributed by atoms with E-state index < -0.39 is 0 Å². The first-order valence-electron chi connectivity index (χ1n) is 10.6. The molecule has 1 aliphatic carbocycles. The summed E-state index contributed by atoms with van der Waals surface area (Å²) in [5, 5.41) is 9.71. The molecule has 2 unspecified atom stereocenters. The second-order valence-electron chi connectivity index (χ2n) is 7.95. The van der Waals surface area contributed by atoms with Crippen LogP contribution >= 0.6 is 11.8 Å². The van der Waals surface area contributed by atoms with Crippen LogP contribution in [0.4, 0.5) is 4.39 Å². The Morgan fingerprint density at radius 2 is 1.81 bits per heavy atom. The van der Waals surface area contributed by atoms with Gasteiger partial charge in [-0.2, -0.15) is 0 Å². The van der Waals surface area contributed by atoms with Crippen LogP contribution in [0.3, 0.4) is 0 Å². The van der Waals surface area contributed by atoms with Gasteiger partial charge in [0.1, 0.15) is 11.6 Å². The normalized spacial score (nSPS) is 18.7. The van der Waals surface area contributed by atoms with Crippen LogP contribution in [0.15, 0.2) is 53.7 Å². The van der Waals surface area contributed by atoms with Gasteiger partial charge in [-0.3, -0.25) is 9.36 Å². The van der Waals surface area contributed by atoms with Crippen molar-refractivity contribution < 1.29 is 13.9 Å². The van der Waals surface area contributed by atoms with Gasteiger partial charge in [-0.05, 0) is 67.3 Å². The van der Waals surface area contributed by atoms with Crippen molar-refractivity contribution in [3.8, 4) is 17.1 Å². The minimum absolute atomic E-state index is 0.0535. The van der Waals surface area contributed by atoms with Crippen molar-refractivity contribution in [2.75, 3.05) is 12.9 Å². The van der Waals surface area contributed by atoms with Crippen molar-refractivity contribution in [2.24, 2.45) is 5.92 Å². The second-order valence-corrected chi connectivity index (χ2v) is 8.90. The zero-order chi connectivity index (χ0) is 21.8. The lowest BCUT2D eigenvalue weighted by Crippen LogP contribution is -2.22. The topological polar surface area (TPSA) is 57.0 Å². The third-order valence-electron chi connectivity index (χ3n) is 5.91. The molecule has 5 nitrogen and oxygen atoms in total. The van der Waals surface area contributed by atoms with Crippen LogP contribution < -0.4 is 4.74 Å². The lowest BCUT2D eigenvalue weighted by molar-refractivity contribution is 0.102. The molecule has 2 atom stereocenters. The van der Waals surface area contributed by atoms with Crippen molar-refractivity contribution in [3.63, 3.8) is 0 Å². The summed E-state index contributed by atoms with van der Waals surface area (Å²) in [7, 11) is 1.65. The van der Waals surface area contributed by atoms with E-state index in [0.717, 1.165) is 28.7 Å². The molecule has 2 aromatic carbocycles. The van der Waals surface area contributed by atoms with E-state index in [1.807, 2.05) is 24.3 Å². The fourth-order valence-corrected chi connectivity index (χ4v) is 5.03. The maximum Gasteiger partial charge on any atom is 0.192 e. The number of hydrogen-bond donors (Lipinski definition) is 0. The molecule has 0 aliphatic heterocycles. The second kappa shape index (κ2) is 9.64. The van der Waals surface area contributed by atoms with Gasteiger partial charge in [0.25, 0.3) is 0 Å². The van der Waals surface area contributed by atoms with E-state index >= 15 is 0 Å². The molecule has 0 saturated heterocycles. The lowest BCUT2D eigenvalue weighted by Gasteiger charge is -2.31. The summed E-state index contributed by atoms with van der Waals surface area (Å²) in [5.74, 6) is 1.95. The molecule has 0 spiro atoms. The smallest absolute Gasteiger partial charge is 0.192 e. The van der Waals surface area contributed by atoms with Crippen molar-refractivity contribution in [2.45, 2.75) is 43.8 Å². The van der Waals surface area contributed by atoms with Crippen LogP contribution in [-0.4, -0.2) is 33.4 Å². The predicted octanol–water partition coefficient (Wildman–Crippen LogP) is 5.82. The first kappa shape index (κ1) is 21.6. The van der Waals surface area contributed by atoms with Crippen LogP contribution in [-0.2, 0) is 0 Å². The van der Waals surface area contributed by atoms with Gasteiger partial charge in [0, 0.05) is 17.2 Å². The molecule has 3 aromatic rings. The highest BCUT2D eigenvalue weighted by molar-refractivity contribution is 7.99. The number of benzene rings is 2. The third-order valence-corrected chi connectivity index (χ3v) is 6.85. The molecule has 0 N–H and O–H groups in total. The molecule has 7 heteroatoms. The monoisotopic (exact) mass is 439 g/mol. The van der Waals surface area contributed by atoms with Gasteiger partial charge in [0.2, 0.25) is 0 Å². The Morgan fingerprint density at radius 1 is 1.10 bits per heavy atom. The summed E-state index contributed by atoms with van der Waals surface area (Å²) in [6.45, 7) is 2.28. The molecular formula is C24H26FN3O2S. The Hall–Kier alpha value is -2.67. The number of ketones is 1. The molecule has 31 heavy (non-hydrogen) atoms. The lowest BCUT2D eigenvalue weighted by atomic mass is 9.85. The largest absolute Gasteiger partial charge is 0.497 e. The molecule has 1 aromatic heterocycles. The van der Waals surface area contributed by atoms with Crippen molar-refractivity contribution in [1.29, 1.82) is 0 Å². The van der Waals surface area contributed by atoms with Gasteiger partial charge in [-0.1, -0.05) is 31.5 Å². The number of hydrogen-bond acceptors (Lipinski definition) is 5. The Labute approximate surface area is 186 Å². The van der Waals surface area contributed by atoms with E-state index in [9.17, 15) is 9.18 Å². The maximum absolute atomic E-state index is 13.2. The Morgan fingerprint density at radius 3 is 2.48 bits per heavy atom. The summed E-state index contributed by atoms with van der Waals surface area (Å²) in [6, 6.07) is 13.8. The summed E-state index contributed by atoms with van der Waals surface area (Å²) < 4.78 is 20.7. The molecule has 1 heterocycles. The van der Waals surface area contributed by atoms with Crippen LogP contribution in [0.1, 0.15) is 49.0 Å². The predicted molar refractivity (Wildman–Crippen MR) is 120 cm³/mol. The van der Waals surface area contributed by atoms with E-state index in [-0.39, 0.29) is 17.4 Å². The van der Waals surface area contributed by atoms with Gasteiger partial charge in [-0.25, -0.2) is 4.39 Å². The Kier molecular flexibility index (Phi) is 6.70. The SMILES string of the molecule is COc1ccc(-c2nnc(SCC(=O)c3ccc(F)cc3)n2C2CCCCC2C)cc1. The van der Waals surface area contributed by atoms with Crippen LogP contribution in [0, 0.1) is 11.7 Å². The number of ether oxygens (including phenoxy) is 1. The molecule has 1 aliphatic rings. The number of halogens is 1. The van der Waals surface area contributed by atoms with Gasteiger partial charge < -0.3 is 4.74 Å². The first-order chi connectivity index (χ1) is 15.1. The van der Waals surface area contributed by atoms with Crippen LogP contribution in [0.5, 0.6) is 5.75 Å². The summed E-state index contributed by atoms with van der Waals surface area (Å²) in [5.41, 5.74) is 1.48. The van der Waals surface area contributed by atoms with Gasteiger partial charge in [0.05, 0.1) is 12.9 Å². The standard InChI is InChI=1S/C24H26FN3O2S/c1-16-5-3-4-6-21(16)28-23(18-9-13-20(30-2)14-10-18)26-27-24(28)31-15-22(29)17-7-11-19(25)12-8-17/h7-14,16,21H,3-6,15H2,1-2H3. The fraction of sp³-hybridized carbons (Fsp3) is 0.375. The zero-order valence-corrected chi connectivity index (χ0v) is 18.6. The number of carbonyl (C=O) groups is 1. The van der Waals surface area contributed by atoms with Crippen molar-refractivity contribution in [1.82, 2.24) is 14.8 Å². The molecule has 0 radical (unpaired) electrons. The van der Waals surface area contributed by atoms with E-state index in [1.165, 1.54) is 55.3 Å².